The van der Waals surface area contributed by atoms with Gasteiger partial charge >= 0.3 is 0 Å². The predicted octanol–water partition coefficient (Wildman–Crippen LogP) is 4.37. The summed E-state index contributed by atoms with van der Waals surface area (Å²) in [7, 11) is 1.47. The predicted molar refractivity (Wildman–Crippen MR) is 128 cm³/mol. The summed E-state index contributed by atoms with van der Waals surface area (Å²) in [4.78, 5) is 4.91. The summed E-state index contributed by atoms with van der Waals surface area (Å²) in [5, 5.41) is 14.1. The van der Waals surface area contributed by atoms with E-state index >= 15 is 0 Å². The van der Waals surface area contributed by atoms with E-state index in [0.717, 1.165) is 16.7 Å². The minimum atomic E-state index is -0.641. The molecular formula is C27H31NO5. The Morgan fingerprint density at radius 3 is 1.61 bits per heavy atom. The Bertz CT molecular complexity index is 921. The molecule has 1 N–H and O–H groups in total. The van der Waals surface area contributed by atoms with Crippen LogP contribution in [0.1, 0.15) is 16.7 Å². The van der Waals surface area contributed by atoms with E-state index in [4.69, 9.17) is 19.0 Å². The SMILES string of the molecule is CO/N=C/[C@@H](OCc1ccccc1)[C@H](OCc1ccccc1)[C@@H](CO)OCc1ccccc1. The van der Waals surface area contributed by atoms with Crippen molar-refractivity contribution in [2.45, 2.75) is 38.1 Å². The second kappa shape index (κ2) is 14.2. The monoisotopic (exact) mass is 449 g/mol. The number of nitrogens with zero attached hydrogens (tertiary/aromatic N) is 1. The zero-order valence-corrected chi connectivity index (χ0v) is 18.8. The van der Waals surface area contributed by atoms with Gasteiger partial charge in [0, 0.05) is 0 Å². The second-order valence-corrected chi connectivity index (χ2v) is 7.48. The smallest absolute Gasteiger partial charge is 0.125 e. The molecule has 6 heteroatoms. The number of oxime groups is 1. The normalized spacial score (nSPS) is 14.1. The summed E-state index contributed by atoms with van der Waals surface area (Å²) >= 11 is 0. The molecule has 33 heavy (non-hydrogen) atoms. The maximum Gasteiger partial charge on any atom is 0.125 e. The molecule has 0 amide bonds. The van der Waals surface area contributed by atoms with Gasteiger partial charge in [-0.05, 0) is 16.7 Å². The van der Waals surface area contributed by atoms with E-state index in [1.165, 1.54) is 7.11 Å². The first-order valence-electron chi connectivity index (χ1n) is 10.9. The Labute approximate surface area is 195 Å². The third kappa shape index (κ3) is 8.44. The highest BCUT2D eigenvalue weighted by Gasteiger charge is 2.31. The fourth-order valence-corrected chi connectivity index (χ4v) is 3.32. The van der Waals surface area contributed by atoms with E-state index in [2.05, 4.69) is 5.16 Å². The number of aliphatic hydroxyl groups excluding tert-OH is 1. The first-order chi connectivity index (χ1) is 16.3. The van der Waals surface area contributed by atoms with Crippen molar-refractivity contribution < 1.29 is 24.2 Å². The molecule has 0 bridgehead atoms. The number of hydrogen-bond donors (Lipinski definition) is 1. The van der Waals surface area contributed by atoms with Crippen molar-refractivity contribution in [1.29, 1.82) is 0 Å². The lowest BCUT2D eigenvalue weighted by Crippen LogP contribution is -2.45. The van der Waals surface area contributed by atoms with Gasteiger partial charge in [0.2, 0.25) is 0 Å². The van der Waals surface area contributed by atoms with Crippen LogP contribution in [0.15, 0.2) is 96.2 Å². The molecule has 0 saturated heterocycles. The van der Waals surface area contributed by atoms with Gasteiger partial charge in [-0.1, -0.05) is 96.2 Å². The number of hydrogen-bond acceptors (Lipinski definition) is 6. The van der Waals surface area contributed by atoms with E-state index in [-0.39, 0.29) is 6.61 Å². The average Bonchev–Trinajstić information content (AvgIpc) is 2.88. The van der Waals surface area contributed by atoms with Crippen molar-refractivity contribution in [1.82, 2.24) is 0 Å². The van der Waals surface area contributed by atoms with Crippen molar-refractivity contribution in [3.63, 3.8) is 0 Å². The third-order valence-electron chi connectivity index (χ3n) is 5.06. The van der Waals surface area contributed by atoms with Crippen LogP contribution in [0.25, 0.3) is 0 Å². The highest BCUT2D eigenvalue weighted by atomic mass is 16.6. The summed E-state index contributed by atoms with van der Waals surface area (Å²) in [6.07, 6.45) is -0.325. The molecule has 3 aromatic rings. The lowest BCUT2D eigenvalue weighted by molar-refractivity contribution is -0.144. The largest absolute Gasteiger partial charge is 0.399 e. The van der Waals surface area contributed by atoms with Gasteiger partial charge in [0.1, 0.15) is 25.4 Å². The molecule has 0 fully saturated rings. The zero-order valence-electron chi connectivity index (χ0n) is 18.8. The first kappa shape index (κ1) is 24.6. The fourth-order valence-electron chi connectivity index (χ4n) is 3.32. The molecule has 3 aromatic carbocycles. The van der Waals surface area contributed by atoms with Gasteiger partial charge in [-0.15, -0.1) is 0 Å². The van der Waals surface area contributed by atoms with Crippen LogP contribution < -0.4 is 0 Å². The summed E-state index contributed by atoms with van der Waals surface area (Å²) in [5.41, 5.74) is 3.03. The number of benzene rings is 3. The van der Waals surface area contributed by atoms with Gasteiger partial charge < -0.3 is 24.2 Å². The fraction of sp³-hybridized carbons (Fsp3) is 0.296. The molecule has 0 unspecified atom stereocenters. The summed E-state index contributed by atoms with van der Waals surface area (Å²) in [6.45, 7) is 0.786. The van der Waals surface area contributed by atoms with Crippen LogP contribution >= 0.6 is 0 Å². The molecule has 0 aliphatic heterocycles. The molecule has 3 atom stereocenters. The molecule has 0 aliphatic rings. The minimum Gasteiger partial charge on any atom is -0.399 e. The van der Waals surface area contributed by atoms with Crippen LogP contribution in [-0.2, 0) is 38.9 Å². The maximum atomic E-state index is 10.2. The molecule has 0 saturated carbocycles. The quantitative estimate of drug-likeness (QED) is 0.292. The minimum absolute atomic E-state index is 0.238. The van der Waals surface area contributed by atoms with E-state index in [9.17, 15) is 5.11 Å². The topological polar surface area (TPSA) is 69.5 Å². The molecule has 0 heterocycles. The Hall–Kier alpha value is -3.03. The molecule has 0 aromatic heterocycles. The molecule has 0 aliphatic carbocycles. The van der Waals surface area contributed by atoms with Gasteiger partial charge in [-0.2, -0.15) is 0 Å². The van der Waals surface area contributed by atoms with Gasteiger partial charge in [0.25, 0.3) is 0 Å². The van der Waals surface area contributed by atoms with E-state index in [1.807, 2.05) is 91.0 Å². The van der Waals surface area contributed by atoms with Crippen LogP contribution in [0.2, 0.25) is 0 Å². The highest BCUT2D eigenvalue weighted by Crippen LogP contribution is 2.18. The summed E-state index contributed by atoms with van der Waals surface area (Å²) in [5.74, 6) is 0. The van der Waals surface area contributed by atoms with E-state index in [1.54, 1.807) is 6.21 Å². The van der Waals surface area contributed by atoms with E-state index < -0.39 is 18.3 Å². The number of ether oxygens (including phenoxy) is 3. The van der Waals surface area contributed by atoms with Crippen LogP contribution in [0.5, 0.6) is 0 Å². The van der Waals surface area contributed by atoms with E-state index in [0.29, 0.717) is 19.8 Å². The summed E-state index contributed by atoms with van der Waals surface area (Å²) < 4.78 is 18.5. The highest BCUT2D eigenvalue weighted by molar-refractivity contribution is 5.63. The number of aliphatic hydroxyl groups is 1. The van der Waals surface area contributed by atoms with Crippen molar-refractivity contribution in [2.24, 2.45) is 5.16 Å². The van der Waals surface area contributed by atoms with Crippen molar-refractivity contribution in [3.8, 4) is 0 Å². The van der Waals surface area contributed by atoms with Gasteiger partial charge in [-0.3, -0.25) is 0 Å². The Balaban J connectivity index is 1.77. The van der Waals surface area contributed by atoms with Crippen molar-refractivity contribution >= 4 is 6.21 Å². The average molecular weight is 450 g/mol. The molecule has 174 valence electrons. The molecule has 0 radical (unpaired) electrons. The van der Waals surface area contributed by atoms with Crippen LogP contribution in [0.3, 0.4) is 0 Å². The molecular weight excluding hydrogens is 418 g/mol. The molecule has 3 rings (SSSR count). The van der Waals surface area contributed by atoms with Crippen LogP contribution in [0.4, 0.5) is 0 Å². The van der Waals surface area contributed by atoms with Crippen LogP contribution in [0, 0.1) is 0 Å². The summed E-state index contributed by atoms with van der Waals surface area (Å²) in [6, 6.07) is 29.5. The maximum absolute atomic E-state index is 10.2. The van der Waals surface area contributed by atoms with Gasteiger partial charge in [-0.25, -0.2) is 0 Å². The zero-order chi connectivity index (χ0) is 23.1. The van der Waals surface area contributed by atoms with Crippen molar-refractivity contribution in [3.05, 3.63) is 108 Å². The lowest BCUT2D eigenvalue weighted by atomic mass is 10.1. The Morgan fingerprint density at radius 1 is 0.697 bits per heavy atom. The number of rotatable bonds is 14. The second-order valence-electron chi connectivity index (χ2n) is 7.48. The standard InChI is InChI=1S/C27H31NO5/c1-30-28-17-25(31-19-22-11-5-2-6-12-22)27(33-21-24-15-9-4-10-16-24)26(18-29)32-20-23-13-7-3-8-14-23/h2-17,25-27,29H,18-21H2,1H3/b28-17+/t25-,26-,27+/m1/s1. The Morgan fingerprint density at radius 2 is 1.15 bits per heavy atom. The van der Waals surface area contributed by atoms with Gasteiger partial charge in [0.15, 0.2) is 0 Å². The first-order valence-corrected chi connectivity index (χ1v) is 10.9. The van der Waals surface area contributed by atoms with Crippen molar-refractivity contribution in [2.75, 3.05) is 13.7 Å². The van der Waals surface area contributed by atoms with Crippen LogP contribution in [-0.4, -0.2) is 43.3 Å². The van der Waals surface area contributed by atoms with Gasteiger partial charge in [0.05, 0.1) is 32.6 Å². The Kier molecular flexibility index (Phi) is 10.6. The molecule has 0 spiro atoms. The third-order valence-corrected chi connectivity index (χ3v) is 5.06. The molecule has 6 nitrogen and oxygen atoms in total. The lowest BCUT2D eigenvalue weighted by Gasteiger charge is -2.31.